The van der Waals surface area contributed by atoms with Crippen LogP contribution in [-0.2, 0) is 0 Å². The molecule has 1 heterocycles. The summed E-state index contributed by atoms with van der Waals surface area (Å²) < 4.78 is 0. The summed E-state index contributed by atoms with van der Waals surface area (Å²) in [5.41, 5.74) is 0.342. The summed E-state index contributed by atoms with van der Waals surface area (Å²) in [6.07, 6.45) is 4.09. The van der Waals surface area contributed by atoms with Gasteiger partial charge in [-0.2, -0.15) is 5.26 Å². The summed E-state index contributed by atoms with van der Waals surface area (Å²) in [4.78, 5) is 10.1. The molecule has 5 heteroatoms. The number of hydrogen-bond donors (Lipinski definition) is 1. The van der Waals surface area contributed by atoms with E-state index < -0.39 is 0 Å². The molecule has 5 nitrogen and oxygen atoms in total. The molecular formula is C10H15N5. The Kier molecular flexibility index (Phi) is 4.51. The Labute approximate surface area is 89.8 Å². The standard InChI is InChI=1S/C10H15N5/c1-15(2)5-3-4-12-10-8-13-9(6-11)7-14-10/h7-8H,3-5H2,1-2H3,(H,12,14). The van der Waals surface area contributed by atoms with Crippen molar-refractivity contribution in [2.24, 2.45) is 0 Å². The van der Waals surface area contributed by atoms with Gasteiger partial charge in [-0.3, -0.25) is 0 Å². The van der Waals surface area contributed by atoms with Gasteiger partial charge in [0, 0.05) is 6.54 Å². The van der Waals surface area contributed by atoms with Gasteiger partial charge in [0.05, 0.1) is 12.4 Å². The van der Waals surface area contributed by atoms with Gasteiger partial charge in [-0.05, 0) is 27.1 Å². The lowest BCUT2D eigenvalue weighted by Crippen LogP contribution is -2.16. The minimum absolute atomic E-state index is 0.342. The number of rotatable bonds is 5. The molecule has 1 aromatic rings. The first-order valence-corrected chi connectivity index (χ1v) is 4.83. The Morgan fingerprint density at radius 1 is 1.40 bits per heavy atom. The summed E-state index contributed by atoms with van der Waals surface area (Å²) in [6.45, 7) is 1.90. The predicted octanol–water partition coefficient (Wildman–Crippen LogP) is 0.712. The summed E-state index contributed by atoms with van der Waals surface area (Å²) in [5, 5.41) is 11.7. The van der Waals surface area contributed by atoms with Crippen LogP contribution in [0.5, 0.6) is 0 Å². The molecule has 0 aliphatic carbocycles. The zero-order valence-corrected chi connectivity index (χ0v) is 9.06. The van der Waals surface area contributed by atoms with Gasteiger partial charge in [0.15, 0.2) is 5.69 Å². The molecule has 1 N–H and O–H groups in total. The molecule has 0 aliphatic rings. The fourth-order valence-electron chi connectivity index (χ4n) is 1.09. The van der Waals surface area contributed by atoms with Crippen molar-refractivity contribution in [3.05, 3.63) is 18.1 Å². The molecule has 15 heavy (non-hydrogen) atoms. The quantitative estimate of drug-likeness (QED) is 0.717. The lowest BCUT2D eigenvalue weighted by atomic mass is 10.4. The highest BCUT2D eigenvalue weighted by atomic mass is 15.1. The normalized spacial score (nSPS) is 10.0. The van der Waals surface area contributed by atoms with Gasteiger partial charge in [0.2, 0.25) is 0 Å². The molecule has 0 aromatic carbocycles. The Morgan fingerprint density at radius 3 is 2.73 bits per heavy atom. The number of nitrogens with one attached hydrogen (secondary N) is 1. The van der Waals surface area contributed by atoms with Crippen molar-refractivity contribution in [3.63, 3.8) is 0 Å². The SMILES string of the molecule is CN(C)CCCNc1cnc(C#N)cn1. The van der Waals surface area contributed by atoms with Crippen LogP contribution in [0.15, 0.2) is 12.4 Å². The van der Waals surface area contributed by atoms with Gasteiger partial charge < -0.3 is 10.2 Å². The minimum atomic E-state index is 0.342. The van der Waals surface area contributed by atoms with Crippen LogP contribution in [0.3, 0.4) is 0 Å². The number of nitrogens with zero attached hydrogens (tertiary/aromatic N) is 4. The zero-order valence-electron chi connectivity index (χ0n) is 9.06. The van der Waals surface area contributed by atoms with Gasteiger partial charge in [0.1, 0.15) is 11.9 Å². The average Bonchev–Trinajstić information content (AvgIpc) is 2.25. The van der Waals surface area contributed by atoms with Crippen LogP contribution in [0.25, 0.3) is 0 Å². The molecule has 0 amide bonds. The number of nitriles is 1. The van der Waals surface area contributed by atoms with Crippen molar-refractivity contribution < 1.29 is 0 Å². The molecule has 80 valence electrons. The molecule has 0 fully saturated rings. The Morgan fingerprint density at radius 2 is 2.20 bits per heavy atom. The average molecular weight is 205 g/mol. The monoisotopic (exact) mass is 205 g/mol. The van der Waals surface area contributed by atoms with Gasteiger partial charge >= 0.3 is 0 Å². The van der Waals surface area contributed by atoms with Crippen LogP contribution < -0.4 is 5.32 Å². The Balaban J connectivity index is 2.29. The van der Waals surface area contributed by atoms with Crippen molar-refractivity contribution in [1.29, 1.82) is 5.26 Å². The molecule has 0 spiro atoms. The maximum Gasteiger partial charge on any atom is 0.158 e. The molecule has 1 aromatic heterocycles. The van der Waals surface area contributed by atoms with Crippen molar-refractivity contribution >= 4 is 5.82 Å². The van der Waals surface area contributed by atoms with E-state index in [-0.39, 0.29) is 0 Å². The topological polar surface area (TPSA) is 64.8 Å². The summed E-state index contributed by atoms with van der Waals surface area (Å²) >= 11 is 0. The highest BCUT2D eigenvalue weighted by molar-refractivity contribution is 5.32. The van der Waals surface area contributed by atoms with E-state index in [4.69, 9.17) is 5.26 Å². The maximum atomic E-state index is 8.53. The first-order chi connectivity index (χ1) is 7.22. The summed E-state index contributed by atoms with van der Waals surface area (Å²) in [6, 6.07) is 1.93. The van der Waals surface area contributed by atoms with E-state index in [1.54, 1.807) is 6.20 Å². The molecule has 0 saturated carbocycles. The fraction of sp³-hybridized carbons (Fsp3) is 0.500. The molecule has 0 radical (unpaired) electrons. The molecule has 1 rings (SSSR count). The van der Waals surface area contributed by atoms with E-state index in [1.165, 1.54) is 6.20 Å². The molecule has 0 aliphatic heterocycles. The lowest BCUT2D eigenvalue weighted by molar-refractivity contribution is 0.405. The van der Waals surface area contributed by atoms with Gasteiger partial charge in [0.25, 0.3) is 0 Å². The molecular weight excluding hydrogens is 190 g/mol. The van der Waals surface area contributed by atoms with Crippen molar-refractivity contribution in [2.75, 3.05) is 32.5 Å². The highest BCUT2D eigenvalue weighted by Gasteiger charge is 1.95. The van der Waals surface area contributed by atoms with E-state index in [1.807, 2.05) is 20.2 Å². The van der Waals surface area contributed by atoms with Crippen LogP contribution in [0, 0.1) is 11.3 Å². The van der Waals surface area contributed by atoms with E-state index in [9.17, 15) is 0 Å². The predicted molar refractivity (Wildman–Crippen MR) is 58.4 cm³/mol. The highest BCUT2D eigenvalue weighted by Crippen LogP contribution is 1.99. The third-order valence-corrected chi connectivity index (χ3v) is 1.85. The van der Waals surface area contributed by atoms with Crippen LogP contribution in [-0.4, -0.2) is 42.1 Å². The van der Waals surface area contributed by atoms with E-state index in [0.717, 1.165) is 19.5 Å². The largest absolute Gasteiger partial charge is 0.369 e. The van der Waals surface area contributed by atoms with Crippen molar-refractivity contribution in [3.8, 4) is 6.07 Å². The smallest absolute Gasteiger partial charge is 0.158 e. The van der Waals surface area contributed by atoms with Gasteiger partial charge in [-0.1, -0.05) is 0 Å². The van der Waals surface area contributed by atoms with Gasteiger partial charge in [-0.25, -0.2) is 9.97 Å². The van der Waals surface area contributed by atoms with Crippen LogP contribution >= 0.6 is 0 Å². The third kappa shape index (κ3) is 4.38. The molecule has 0 saturated heterocycles. The summed E-state index contributed by atoms with van der Waals surface area (Å²) in [5.74, 6) is 0.716. The second-order valence-corrected chi connectivity index (χ2v) is 3.48. The summed E-state index contributed by atoms with van der Waals surface area (Å²) in [7, 11) is 4.09. The Hall–Kier alpha value is -1.67. The van der Waals surface area contributed by atoms with E-state index in [2.05, 4.69) is 20.2 Å². The van der Waals surface area contributed by atoms with Gasteiger partial charge in [-0.15, -0.1) is 0 Å². The minimum Gasteiger partial charge on any atom is -0.369 e. The zero-order chi connectivity index (χ0) is 11.1. The lowest BCUT2D eigenvalue weighted by Gasteiger charge is -2.09. The Bertz CT molecular complexity index is 325. The second-order valence-electron chi connectivity index (χ2n) is 3.48. The molecule has 0 unspecified atom stereocenters. The van der Waals surface area contributed by atoms with Crippen molar-refractivity contribution in [1.82, 2.24) is 14.9 Å². The molecule has 0 bridgehead atoms. The first-order valence-electron chi connectivity index (χ1n) is 4.83. The maximum absolute atomic E-state index is 8.53. The fourth-order valence-corrected chi connectivity index (χ4v) is 1.09. The van der Waals surface area contributed by atoms with Crippen LogP contribution in [0.1, 0.15) is 12.1 Å². The second kappa shape index (κ2) is 5.94. The van der Waals surface area contributed by atoms with Crippen LogP contribution in [0.4, 0.5) is 5.82 Å². The third-order valence-electron chi connectivity index (χ3n) is 1.85. The van der Waals surface area contributed by atoms with E-state index in [0.29, 0.717) is 11.5 Å². The number of hydrogen-bond acceptors (Lipinski definition) is 5. The van der Waals surface area contributed by atoms with Crippen LogP contribution in [0.2, 0.25) is 0 Å². The number of aromatic nitrogens is 2. The van der Waals surface area contributed by atoms with E-state index >= 15 is 0 Å². The molecule has 0 atom stereocenters. The first kappa shape index (κ1) is 11.4. The number of anilines is 1. The van der Waals surface area contributed by atoms with Crippen molar-refractivity contribution in [2.45, 2.75) is 6.42 Å².